The third kappa shape index (κ3) is 4.13. The number of hydrogen-bond donors (Lipinski definition) is 1. The van der Waals surface area contributed by atoms with Crippen LogP contribution in [0.4, 0.5) is 0 Å². The zero-order valence-corrected chi connectivity index (χ0v) is 12.5. The summed E-state index contributed by atoms with van der Waals surface area (Å²) < 4.78 is 0. The molecule has 0 fully saturated rings. The molecule has 4 heteroatoms. The van der Waals surface area contributed by atoms with Crippen LogP contribution in [0.2, 0.25) is 0 Å². The number of benzene rings is 1. The van der Waals surface area contributed by atoms with Crippen molar-refractivity contribution in [3.05, 3.63) is 52.5 Å². The van der Waals surface area contributed by atoms with Gasteiger partial charge in [0.15, 0.2) is 0 Å². The minimum absolute atomic E-state index is 0.269. The summed E-state index contributed by atoms with van der Waals surface area (Å²) in [5.41, 5.74) is 1.32. The maximum absolute atomic E-state index is 4.38. The highest BCUT2D eigenvalue weighted by Crippen LogP contribution is 2.21. The zero-order chi connectivity index (χ0) is 13.7. The van der Waals surface area contributed by atoms with Crippen molar-refractivity contribution < 1.29 is 0 Å². The van der Waals surface area contributed by atoms with Crippen LogP contribution in [-0.4, -0.2) is 30.5 Å². The number of likely N-dealkylation sites (N-methyl/N-ethyl adjacent to an activating group) is 1. The number of nitrogens with one attached hydrogen (secondary N) is 1. The van der Waals surface area contributed by atoms with Crippen molar-refractivity contribution in [3.8, 4) is 0 Å². The second kappa shape index (κ2) is 6.80. The van der Waals surface area contributed by atoms with Gasteiger partial charge in [-0.15, -0.1) is 11.3 Å². The maximum Gasteiger partial charge on any atom is 0.109 e. The normalized spacial score (nSPS) is 14.5. The molecule has 0 aliphatic carbocycles. The number of thiazole rings is 1. The Morgan fingerprint density at radius 3 is 2.58 bits per heavy atom. The molecule has 0 radical (unpaired) electrons. The Morgan fingerprint density at radius 2 is 2.00 bits per heavy atom. The molecule has 2 atom stereocenters. The Balaban J connectivity index is 2.10. The first-order chi connectivity index (χ1) is 9.16. The molecule has 1 aromatic heterocycles. The van der Waals surface area contributed by atoms with Crippen LogP contribution in [0.1, 0.15) is 29.6 Å². The molecule has 0 spiro atoms. The van der Waals surface area contributed by atoms with Crippen LogP contribution in [0.3, 0.4) is 0 Å². The third-order valence-electron chi connectivity index (χ3n) is 3.02. The Labute approximate surface area is 119 Å². The molecular formula is C15H21N3S. The lowest BCUT2D eigenvalue weighted by atomic mass is 10.1. The average molecular weight is 275 g/mol. The van der Waals surface area contributed by atoms with Gasteiger partial charge in [-0.3, -0.25) is 0 Å². The molecule has 1 aromatic carbocycles. The SMILES string of the molecule is CC(NC(CN(C)C)c1ccccc1)c1nccs1. The average Bonchev–Trinajstić information content (AvgIpc) is 2.92. The Bertz CT molecular complexity index is 467. The molecule has 0 aliphatic rings. The quantitative estimate of drug-likeness (QED) is 0.878. The second-order valence-electron chi connectivity index (χ2n) is 4.98. The summed E-state index contributed by atoms with van der Waals surface area (Å²) in [5.74, 6) is 0. The van der Waals surface area contributed by atoms with Crippen molar-refractivity contribution in [2.24, 2.45) is 0 Å². The molecule has 0 aliphatic heterocycles. The molecule has 2 aromatic rings. The van der Waals surface area contributed by atoms with E-state index < -0.39 is 0 Å². The molecule has 19 heavy (non-hydrogen) atoms. The minimum Gasteiger partial charge on any atom is -0.308 e. The summed E-state index contributed by atoms with van der Waals surface area (Å²) in [7, 11) is 4.21. The van der Waals surface area contributed by atoms with Gasteiger partial charge in [-0.2, -0.15) is 0 Å². The second-order valence-corrected chi connectivity index (χ2v) is 5.91. The van der Waals surface area contributed by atoms with Gasteiger partial charge in [-0.1, -0.05) is 30.3 Å². The van der Waals surface area contributed by atoms with E-state index in [2.05, 4.69) is 66.6 Å². The van der Waals surface area contributed by atoms with E-state index >= 15 is 0 Å². The third-order valence-corrected chi connectivity index (χ3v) is 3.98. The van der Waals surface area contributed by atoms with Gasteiger partial charge in [-0.25, -0.2) is 4.98 Å². The van der Waals surface area contributed by atoms with E-state index in [1.807, 2.05) is 11.6 Å². The van der Waals surface area contributed by atoms with Gasteiger partial charge in [-0.05, 0) is 26.6 Å². The van der Waals surface area contributed by atoms with Crippen LogP contribution < -0.4 is 5.32 Å². The summed E-state index contributed by atoms with van der Waals surface area (Å²) in [6.07, 6.45) is 1.86. The van der Waals surface area contributed by atoms with Crippen LogP contribution >= 0.6 is 11.3 Å². The zero-order valence-electron chi connectivity index (χ0n) is 11.7. The van der Waals surface area contributed by atoms with E-state index in [9.17, 15) is 0 Å². The van der Waals surface area contributed by atoms with Crippen molar-refractivity contribution >= 4 is 11.3 Å². The molecule has 0 bridgehead atoms. The Hall–Kier alpha value is -1.23. The predicted molar refractivity (Wildman–Crippen MR) is 81.4 cm³/mol. The van der Waals surface area contributed by atoms with Crippen LogP contribution in [0.5, 0.6) is 0 Å². The van der Waals surface area contributed by atoms with Gasteiger partial charge in [0.2, 0.25) is 0 Å². The molecule has 0 saturated carbocycles. The van der Waals surface area contributed by atoms with Gasteiger partial charge < -0.3 is 10.2 Å². The van der Waals surface area contributed by atoms with Gasteiger partial charge in [0.1, 0.15) is 5.01 Å². The molecule has 0 saturated heterocycles. The van der Waals surface area contributed by atoms with E-state index in [0.717, 1.165) is 11.6 Å². The van der Waals surface area contributed by atoms with Gasteiger partial charge in [0.05, 0.1) is 6.04 Å². The van der Waals surface area contributed by atoms with E-state index in [1.54, 1.807) is 11.3 Å². The lowest BCUT2D eigenvalue weighted by Crippen LogP contribution is -2.32. The topological polar surface area (TPSA) is 28.2 Å². The molecule has 102 valence electrons. The smallest absolute Gasteiger partial charge is 0.109 e. The van der Waals surface area contributed by atoms with Gasteiger partial charge >= 0.3 is 0 Å². The standard InChI is InChI=1S/C15H21N3S/c1-12(15-16-9-10-19-15)17-14(11-18(2)3)13-7-5-4-6-8-13/h4-10,12,14,17H,11H2,1-3H3. The lowest BCUT2D eigenvalue weighted by molar-refractivity contribution is 0.325. The first kappa shape index (κ1) is 14.2. The van der Waals surface area contributed by atoms with Crippen LogP contribution in [0.15, 0.2) is 41.9 Å². The van der Waals surface area contributed by atoms with E-state index in [-0.39, 0.29) is 6.04 Å². The number of nitrogens with zero attached hydrogens (tertiary/aromatic N) is 2. The van der Waals surface area contributed by atoms with Crippen LogP contribution in [0, 0.1) is 0 Å². The first-order valence-electron chi connectivity index (χ1n) is 6.52. The number of aromatic nitrogens is 1. The van der Waals surface area contributed by atoms with Crippen molar-refractivity contribution in [2.45, 2.75) is 19.0 Å². The summed E-state index contributed by atoms with van der Waals surface area (Å²) in [6, 6.07) is 11.2. The molecular weight excluding hydrogens is 254 g/mol. The largest absolute Gasteiger partial charge is 0.308 e. The fourth-order valence-electron chi connectivity index (χ4n) is 2.13. The fourth-order valence-corrected chi connectivity index (χ4v) is 2.78. The van der Waals surface area contributed by atoms with Gasteiger partial charge in [0.25, 0.3) is 0 Å². The lowest BCUT2D eigenvalue weighted by Gasteiger charge is -2.25. The predicted octanol–water partition coefficient (Wildman–Crippen LogP) is 3.10. The molecule has 1 N–H and O–H groups in total. The Morgan fingerprint density at radius 1 is 1.26 bits per heavy atom. The number of rotatable bonds is 6. The van der Waals surface area contributed by atoms with E-state index in [4.69, 9.17) is 0 Å². The molecule has 2 unspecified atom stereocenters. The summed E-state index contributed by atoms with van der Waals surface area (Å²) in [6.45, 7) is 3.14. The van der Waals surface area contributed by atoms with Crippen molar-refractivity contribution in [3.63, 3.8) is 0 Å². The fraction of sp³-hybridized carbons (Fsp3) is 0.400. The highest BCUT2D eigenvalue weighted by molar-refractivity contribution is 7.09. The first-order valence-corrected chi connectivity index (χ1v) is 7.40. The van der Waals surface area contributed by atoms with Crippen LogP contribution in [-0.2, 0) is 0 Å². The van der Waals surface area contributed by atoms with E-state index in [1.165, 1.54) is 5.56 Å². The van der Waals surface area contributed by atoms with Crippen molar-refractivity contribution in [1.29, 1.82) is 0 Å². The molecule has 1 heterocycles. The van der Waals surface area contributed by atoms with Crippen LogP contribution in [0.25, 0.3) is 0 Å². The summed E-state index contributed by atoms with van der Waals surface area (Å²) >= 11 is 1.70. The minimum atomic E-state index is 0.269. The van der Waals surface area contributed by atoms with E-state index in [0.29, 0.717) is 6.04 Å². The van der Waals surface area contributed by atoms with Gasteiger partial charge in [0, 0.05) is 24.2 Å². The maximum atomic E-state index is 4.38. The summed E-state index contributed by atoms with van der Waals surface area (Å²) in [4.78, 5) is 6.59. The molecule has 2 rings (SSSR count). The van der Waals surface area contributed by atoms with Crippen molar-refractivity contribution in [1.82, 2.24) is 15.2 Å². The monoisotopic (exact) mass is 275 g/mol. The Kier molecular flexibility index (Phi) is 5.07. The highest BCUT2D eigenvalue weighted by atomic mass is 32.1. The highest BCUT2D eigenvalue weighted by Gasteiger charge is 2.17. The van der Waals surface area contributed by atoms with Crippen molar-refractivity contribution in [2.75, 3.05) is 20.6 Å². The summed E-state index contributed by atoms with van der Waals surface area (Å²) in [5, 5.41) is 6.84. The molecule has 3 nitrogen and oxygen atoms in total. The molecule has 0 amide bonds. The number of hydrogen-bond acceptors (Lipinski definition) is 4.